The number of piperazine rings is 1. The zero-order chi connectivity index (χ0) is 23.1. The summed E-state index contributed by atoms with van der Waals surface area (Å²) in [7, 11) is 0. The number of carbonyl (C=O) groups is 2. The number of halogens is 2. The van der Waals surface area contributed by atoms with Crippen molar-refractivity contribution in [1.82, 2.24) is 4.90 Å². The second-order valence-electron chi connectivity index (χ2n) is 7.29. The molecule has 0 aliphatic carbocycles. The highest BCUT2D eigenvalue weighted by molar-refractivity contribution is 6.35. The molecule has 1 N–H and O–H groups in total. The lowest BCUT2D eigenvalue weighted by Gasteiger charge is -2.36. The van der Waals surface area contributed by atoms with Crippen LogP contribution in [0.15, 0.2) is 36.4 Å². The highest BCUT2D eigenvalue weighted by Crippen LogP contribution is 2.30. The Labute approximate surface area is 198 Å². The van der Waals surface area contributed by atoms with Gasteiger partial charge in [0.15, 0.2) is 6.61 Å². The number of ether oxygens (including phenoxy) is 2. The molecule has 0 bridgehead atoms. The summed E-state index contributed by atoms with van der Waals surface area (Å²) in [6.45, 7) is 8.45. The maximum Gasteiger partial charge on any atom is 0.338 e. The minimum atomic E-state index is -0.436. The number of hydrogen-bond acceptors (Lipinski definition) is 6. The minimum Gasteiger partial charge on any atom is -0.482 e. The van der Waals surface area contributed by atoms with Crippen LogP contribution < -0.4 is 15.0 Å². The van der Waals surface area contributed by atoms with E-state index in [4.69, 9.17) is 32.7 Å². The summed E-state index contributed by atoms with van der Waals surface area (Å²) >= 11 is 12.0. The number of rotatable bonds is 8. The molecule has 1 aliphatic heterocycles. The molecule has 2 aromatic rings. The fourth-order valence-electron chi connectivity index (χ4n) is 3.48. The quantitative estimate of drug-likeness (QED) is 0.568. The lowest BCUT2D eigenvalue weighted by molar-refractivity contribution is -0.118. The third-order valence-electron chi connectivity index (χ3n) is 5.19. The van der Waals surface area contributed by atoms with Gasteiger partial charge in [-0.25, -0.2) is 4.79 Å². The molecule has 1 heterocycles. The van der Waals surface area contributed by atoms with Gasteiger partial charge in [0.1, 0.15) is 5.75 Å². The van der Waals surface area contributed by atoms with Crippen LogP contribution in [0.3, 0.4) is 0 Å². The Balaban J connectivity index is 1.76. The third-order valence-corrected chi connectivity index (χ3v) is 5.73. The molecule has 0 atom stereocenters. The van der Waals surface area contributed by atoms with Gasteiger partial charge in [0.25, 0.3) is 5.91 Å². The predicted octanol–water partition coefficient (Wildman–Crippen LogP) is 4.33. The number of anilines is 2. The maximum absolute atomic E-state index is 12.7. The van der Waals surface area contributed by atoms with Gasteiger partial charge in [0.05, 0.1) is 28.6 Å². The summed E-state index contributed by atoms with van der Waals surface area (Å²) in [5.74, 6) is -0.442. The van der Waals surface area contributed by atoms with E-state index in [1.165, 1.54) is 0 Å². The Hall–Kier alpha value is -2.48. The molecule has 1 aliphatic rings. The van der Waals surface area contributed by atoms with Gasteiger partial charge in [-0.2, -0.15) is 0 Å². The van der Waals surface area contributed by atoms with Crippen LogP contribution in [0.1, 0.15) is 24.2 Å². The number of carbonyl (C=O) groups excluding carboxylic acids is 2. The van der Waals surface area contributed by atoms with Crippen molar-refractivity contribution < 1.29 is 19.1 Å². The molecule has 1 saturated heterocycles. The molecule has 0 saturated carbocycles. The van der Waals surface area contributed by atoms with E-state index in [0.717, 1.165) is 38.4 Å². The molecule has 9 heteroatoms. The fraction of sp³-hybridized carbons (Fsp3) is 0.391. The molecule has 0 aromatic heterocycles. The smallest absolute Gasteiger partial charge is 0.338 e. The molecule has 0 unspecified atom stereocenters. The first-order valence-electron chi connectivity index (χ1n) is 10.6. The first kappa shape index (κ1) is 24.2. The van der Waals surface area contributed by atoms with E-state index in [9.17, 15) is 9.59 Å². The number of nitrogens with zero attached hydrogens (tertiary/aromatic N) is 2. The second-order valence-corrected chi connectivity index (χ2v) is 8.13. The van der Waals surface area contributed by atoms with Crippen molar-refractivity contribution in [2.75, 3.05) is 56.2 Å². The maximum atomic E-state index is 12.7. The molecule has 2 aromatic carbocycles. The number of nitrogens with one attached hydrogen (secondary N) is 1. The zero-order valence-corrected chi connectivity index (χ0v) is 19.7. The number of hydrogen-bond donors (Lipinski definition) is 1. The number of likely N-dealkylation sites (N-methyl/N-ethyl adjacent to an activating group) is 1. The van der Waals surface area contributed by atoms with Crippen LogP contribution in [-0.4, -0.2) is 62.7 Å². The molecule has 3 rings (SSSR count). The molecular formula is C23H27Cl2N3O4. The summed E-state index contributed by atoms with van der Waals surface area (Å²) in [4.78, 5) is 29.4. The molecular weight excluding hydrogens is 453 g/mol. The van der Waals surface area contributed by atoms with Gasteiger partial charge in [-0.3, -0.25) is 4.79 Å². The van der Waals surface area contributed by atoms with Gasteiger partial charge in [-0.15, -0.1) is 0 Å². The average Bonchev–Trinajstić information content (AvgIpc) is 2.79. The average molecular weight is 480 g/mol. The Morgan fingerprint density at radius 2 is 1.78 bits per heavy atom. The van der Waals surface area contributed by atoms with Crippen molar-refractivity contribution in [2.24, 2.45) is 0 Å². The van der Waals surface area contributed by atoms with Crippen molar-refractivity contribution in [3.63, 3.8) is 0 Å². The normalized spacial score (nSPS) is 14.2. The van der Waals surface area contributed by atoms with Crippen LogP contribution in [0.4, 0.5) is 11.4 Å². The van der Waals surface area contributed by atoms with Crippen LogP contribution in [0.2, 0.25) is 10.0 Å². The van der Waals surface area contributed by atoms with E-state index < -0.39 is 5.97 Å². The van der Waals surface area contributed by atoms with Crippen LogP contribution in [0.25, 0.3) is 0 Å². The summed E-state index contributed by atoms with van der Waals surface area (Å²) in [5, 5.41) is 3.68. The van der Waals surface area contributed by atoms with E-state index in [0.29, 0.717) is 27.0 Å². The summed E-state index contributed by atoms with van der Waals surface area (Å²) in [5.41, 5.74) is 1.77. The first-order chi connectivity index (χ1) is 15.4. The largest absolute Gasteiger partial charge is 0.482 e. The van der Waals surface area contributed by atoms with Gasteiger partial charge in [0, 0.05) is 31.2 Å². The Morgan fingerprint density at radius 1 is 1.03 bits per heavy atom. The Bertz CT molecular complexity index is 962. The minimum absolute atomic E-state index is 0.242. The number of benzene rings is 2. The molecule has 1 amide bonds. The summed E-state index contributed by atoms with van der Waals surface area (Å²) in [6.07, 6.45) is 0. The molecule has 0 radical (unpaired) electrons. The summed E-state index contributed by atoms with van der Waals surface area (Å²) in [6, 6.07) is 10.0. The van der Waals surface area contributed by atoms with Crippen LogP contribution >= 0.6 is 23.2 Å². The van der Waals surface area contributed by atoms with Gasteiger partial charge < -0.3 is 24.6 Å². The van der Waals surface area contributed by atoms with Crippen molar-refractivity contribution in [3.8, 4) is 5.75 Å². The monoisotopic (exact) mass is 479 g/mol. The van der Waals surface area contributed by atoms with Crippen LogP contribution in [0.5, 0.6) is 5.75 Å². The lowest BCUT2D eigenvalue weighted by atomic mass is 10.1. The highest BCUT2D eigenvalue weighted by atomic mass is 35.5. The van der Waals surface area contributed by atoms with E-state index >= 15 is 0 Å². The molecule has 7 nitrogen and oxygen atoms in total. The Kier molecular flexibility index (Phi) is 8.61. The topological polar surface area (TPSA) is 71.1 Å². The van der Waals surface area contributed by atoms with Crippen molar-refractivity contribution in [1.29, 1.82) is 0 Å². The van der Waals surface area contributed by atoms with Crippen molar-refractivity contribution in [2.45, 2.75) is 13.8 Å². The molecule has 32 heavy (non-hydrogen) atoms. The van der Waals surface area contributed by atoms with Gasteiger partial charge in [0.2, 0.25) is 0 Å². The van der Waals surface area contributed by atoms with E-state index in [-0.39, 0.29) is 19.1 Å². The lowest BCUT2D eigenvalue weighted by Crippen LogP contribution is -2.46. The standard InChI is InChI=1S/C23H27Cl2N3O4/c1-3-27-9-11-28(12-10-27)20-7-5-16(23(30)31-4-2)13-19(20)26-22(29)15-32-21-8-6-17(24)14-18(21)25/h5-8,13-14H,3-4,9-12,15H2,1-2H3,(H,26,29). The van der Waals surface area contributed by atoms with Gasteiger partial charge in [-0.1, -0.05) is 30.1 Å². The zero-order valence-electron chi connectivity index (χ0n) is 18.2. The predicted molar refractivity (Wildman–Crippen MR) is 127 cm³/mol. The van der Waals surface area contributed by atoms with Gasteiger partial charge >= 0.3 is 5.97 Å². The van der Waals surface area contributed by atoms with Crippen molar-refractivity contribution >= 4 is 46.5 Å². The number of esters is 1. The van der Waals surface area contributed by atoms with E-state index in [2.05, 4.69) is 22.0 Å². The molecule has 172 valence electrons. The fourth-order valence-corrected chi connectivity index (χ4v) is 3.94. The number of amides is 1. The first-order valence-corrected chi connectivity index (χ1v) is 11.3. The Morgan fingerprint density at radius 3 is 2.44 bits per heavy atom. The van der Waals surface area contributed by atoms with Crippen molar-refractivity contribution in [3.05, 3.63) is 52.0 Å². The van der Waals surface area contributed by atoms with Crippen LogP contribution in [0, 0.1) is 0 Å². The van der Waals surface area contributed by atoms with E-state index in [1.807, 2.05) is 6.07 Å². The van der Waals surface area contributed by atoms with E-state index in [1.54, 1.807) is 37.3 Å². The second kappa shape index (κ2) is 11.4. The molecule has 0 spiro atoms. The SMILES string of the molecule is CCOC(=O)c1ccc(N2CCN(CC)CC2)c(NC(=O)COc2ccc(Cl)cc2Cl)c1. The van der Waals surface area contributed by atoms with Gasteiger partial charge in [-0.05, 0) is 49.9 Å². The van der Waals surface area contributed by atoms with Crippen LogP contribution in [-0.2, 0) is 9.53 Å². The highest BCUT2D eigenvalue weighted by Gasteiger charge is 2.21. The summed E-state index contributed by atoms with van der Waals surface area (Å²) < 4.78 is 10.6. The molecule has 1 fully saturated rings. The third kappa shape index (κ3) is 6.28.